The quantitative estimate of drug-likeness (QED) is 0.792. The molecule has 0 amide bonds. The van der Waals surface area contributed by atoms with Crippen LogP contribution in [0.25, 0.3) is 5.76 Å². The molecule has 3 heteroatoms. The zero-order chi connectivity index (χ0) is 12.1. The molecule has 0 aromatic heterocycles. The Hall–Kier alpha value is -2.42. The van der Waals surface area contributed by atoms with E-state index >= 15 is 0 Å². The first-order chi connectivity index (χ1) is 8.25. The number of phenols is 1. The number of phenolic OH excluding ortho intramolecular Hbond substituents is 1. The van der Waals surface area contributed by atoms with Crippen LogP contribution in [0.2, 0.25) is 0 Å². The van der Waals surface area contributed by atoms with Crippen molar-refractivity contribution in [1.29, 1.82) is 0 Å². The van der Waals surface area contributed by atoms with Gasteiger partial charge >= 0.3 is 0 Å². The highest BCUT2D eigenvalue weighted by Gasteiger charge is 1.98. The molecule has 2 aromatic carbocycles. The molecule has 17 heavy (non-hydrogen) atoms. The van der Waals surface area contributed by atoms with Crippen LogP contribution in [-0.2, 0) is 0 Å². The zero-order valence-corrected chi connectivity index (χ0v) is 9.08. The predicted octanol–water partition coefficient (Wildman–Crippen LogP) is 3.33. The number of hydrogen-bond donors (Lipinski definition) is 2. The fraction of sp³-hybridized carbons (Fsp3) is 0. The molecular weight excluding hydrogens is 216 g/mol. The van der Waals surface area contributed by atoms with Crippen molar-refractivity contribution in [3.63, 3.8) is 0 Å². The Balaban J connectivity index is 2.11. The highest BCUT2D eigenvalue weighted by atomic mass is 16.5. The Labute approximate surface area is 99.2 Å². The number of ether oxygens (including phenoxy) is 1. The summed E-state index contributed by atoms with van der Waals surface area (Å²) in [6.07, 6.45) is 1.24. The number of aliphatic hydroxyl groups is 1. The maximum Gasteiger partial charge on any atom is 0.157 e. The molecule has 2 N–H and O–H groups in total. The first-order valence-electron chi connectivity index (χ1n) is 5.16. The molecule has 2 rings (SSSR count). The second-order valence-electron chi connectivity index (χ2n) is 3.48. The van der Waals surface area contributed by atoms with E-state index < -0.39 is 0 Å². The summed E-state index contributed by atoms with van der Waals surface area (Å²) in [5, 5.41) is 19.0. The Morgan fingerprint density at radius 3 is 2.47 bits per heavy atom. The molecule has 0 saturated carbocycles. The summed E-state index contributed by atoms with van der Waals surface area (Å²) >= 11 is 0. The van der Waals surface area contributed by atoms with Crippen molar-refractivity contribution in [3.05, 3.63) is 66.4 Å². The summed E-state index contributed by atoms with van der Waals surface area (Å²) in [7, 11) is 0. The molecule has 0 spiro atoms. The SMILES string of the molecule is OC(=COc1cccc(O)c1)c1ccccc1. The normalized spacial score (nSPS) is 11.2. The Morgan fingerprint density at radius 1 is 1.00 bits per heavy atom. The summed E-state index contributed by atoms with van der Waals surface area (Å²) in [6, 6.07) is 15.4. The van der Waals surface area contributed by atoms with E-state index in [1.807, 2.05) is 18.2 Å². The minimum Gasteiger partial charge on any atom is -0.508 e. The van der Waals surface area contributed by atoms with Crippen molar-refractivity contribution in [2.75, 3.05) is 0 Å². The molecule has 0 heterocycles. The number of benzene rings is 2. The molecule has 86 valence electrons. The van der Waals surface area contributed by atoms with Crippen LogP contribution in [0.1, 0.15) is 5.56 Å². The Morgan fingerprint density at radius 2 is 1.76 bits per heavy atom. The van der Waals surface area contributed by atoms with Gasteiger partial charge in [0.05, 0.1) is 0 Å². The van der Waals surface area contributed by atoms with Gasteiger partial charge in [-0.3, -0.25) is 0 Å². The summed E-state index contributed by atoms with van der Waals surface area (Å²) < 4.78 is 5.23. The molecule has 0 aliphatic heterocycles. The molecule has 0 atom stereocenters. The third kappa shape index (κ3) is 3.01. The first-order valence-corrected chi connectivity index (χ1v) is 5.16. The topological polar surface area (TPSA) is 49.7 Å². The van der Waals surface area contributed by atoms with Crippen molar-refractivity contribution in [2.45, 2.75) is 0 Å². The van der Waals surface area contributed by atoms with Gasteiger partial charge in [0.15, 0.2) is 5.76 Å². The lowest BCUT2D eigenvalue weighted by Crippen LogP contribution is -1.87. The fourth-order valence-corrected chi connectivity index (χ4v) is 1.36. The largest absolute Gasteiger partial charge is 0.508 e. The van der Waals surface area contributed by atoms with Gasteiger partial charge in [0.25, 0.3) is 0 Å². The first kappa shape index (κ1) is 11.1. The van der Waals surface area contributed by atoms with Crippen molar-refractivity contribution in [1.82, 2.24) is 0 Å². The van der Waals surface area contributed by atoms with E-state index in [4.69, 9.17) is 4.74 Å². The maximum absolute atomic E-state index is 9.72. The highest BCUT2D eigenvalue weighted by molar-refractivity contribution is 5.57. The molecular formula is C14H12O3. The van der Waals surface area contributed by atoms with Crippen LogP contribution < -0.4 is 4.74 Å². The third-order valence-electron chi connectivity index (χ3n) is 2.19. The van der Waals surface area contributed by atoms with Crippen molar-refractivity contribution in [3.8, 4) is 11.5 Å². The van der Waals surface area contributed by atoms with Gasteiger partial charge < -0.3 is 14.9 Å². The molecule has 0 saturated heterocycles. The number of aromatic hydroxyl groups is 1. The summed E-state index contributed by atoms with van der Waals surface area (Å²) in [6.45, 7) is 0. The fourth-order valence-electron chi connectivity index (χ4n) is 1.36. The summed E-state index contributed by atoms with van der Waals surface area (Å²) in [4.78, 5) is 0. The highest BCUT2D eigenvalue weighted by Crippen LogP contribution is 2.19. The van der Waals surface area contributed by atoms with Crippen LogP contribution in [0.5, 0.6) is 11.5 Å². The van der Waals surface area contributed by atoms with Crippen LogP contribution in [0.3, 0.4) is 0 Å². The lowest BCUT2D eigenvalue weighted by molar-refractivity contribution is 0.431. The average molecular weight is 228 g/mol. The van der Waals surface area contributed by atoms with Crippen molar-refractivity contribution < 1.29 is 14.9 Å². The molecule has 3 nitrogen and oxygen atoms in total. The number of rotatable bonds is 3. The number of aliphatic hydroxyl groups excluding tert-OH is 1. The van der Waals surface area contributed by atoms with Crippen LogP contribution in [0, 0.1) is 0 Å². The van der Waals surface area contributed by atoms with E-state index in [1.54, 1.807) is 30.3 Å². The monoisotopic (exact) mass is 228 g/mol. The van der Waals surface area contributed by atoms with E-state index in [1.165, 1.54) is 12.3 Å². The molecule has 0 fully saturated rings. The van der Waals surface area contributed by atoms with Crippen LogP contribution in [0.4, 0.5) is 0 Å². The lowest BCUT2D eigenvalue weighted by Gasteiger charge is -2.03. The van der Waals surface area contributed by atoms with E-state index in [2.05, 4.69) is 0 Å². The van der Waals surface area contributed by atoms with E-state index in [0.29, 0.717) is 11.3 Å². The Kier molecular flexibility index (Phi) is 3.31. The van der Waals surface area contributed by atoms with Gasteiger partial charge in [-0.1, -0.05) is 36.4 Å². The maximum atomic E-state index is 9.72. The minimum absolute atomic E-state index is 0.0361. The summed E-state index contributed by atoms with van der Waals surface area (Å²) in [5.41, 5.74) is 0.674. The smallest absolute Gasteiger partial charge is 0.157 e. The van der Waals surface area contributed by atoms with Gasteiger partial charge in [-0.25, -0.2) is 0 Å². The molecule has 0 aliphatic carbocycles. The van der Waals surface area contributed by atoms with Crippen LogP contribution in [-0.4, -0.2) is 10.2 Å². The lowest BCUT2D eigenvalue weighted by atomic mass is 10.2. The Bertz CT molecular complexity index is 518. The van der Waals surface area contributed by atoms with E-state index in [-0.39, 0.29) is 11.5 Å². The molecule has 0 unspecified atom stereocenters. The van der Waals surface area contributed by atoms with Gasteiger partial charge in [-0.15, -0.1) is 0 Å². The van der Waals surface area contributed by atoms with Crippen molar-refractivity contribution in [2.24, 2.45) is 0 Å². The summed E-state index contributed by atoms with van der Waals surface area (Å²) in [5.74, 6) is 0.622. The molecule has 0 bridgehead atoms. The van der Waals surface area contributed by atoms with E-state index in [9.17, 15) is 10.2 Å². The molecule has 0 aliphatic rings. The van der Waals surface area contributed by atoms with Gasteiger partial charge in [0.1, 0.15) is 17.8 Å². The van der Waals surface area contributed by atoms with Crippen LogP contribution in [0.15, 0.2) is 60.9 Å². The third-order valence-corrected chi connectivity index (χ3v) is 2.19. The molecule has 2 aromatic rings. The minimum atomic E-state index is 0.0361. The predicted molar refractivity (Wildman–Crippen MR) is 65.8 cm³/mol. The van der Waals surface area contributed by atoms with Gasteiger partial charge in [0.2, 0.25) is 0 Å². The average Bonchev–Trinajstić information content (AvgIpc) is 2.37. The second kappa shape index (κ2) is 5.07. The van der Waals surface area contributed by atoms with Crippen molar-refractivity contribution >= 4 is 5.76 Å². The standard InChI is InChI=1S/C14H12O3/c15-12-7-4-8-13(9-12)17-10-14(16)11-5-2-1-3-6-11/h1-10,15-16H. The zero-order valence-electron chi connectivity index (χ0n) is 9.08. The van der Waals surface area contributed by atoms with Gasteiger partial charge in [-0.2, -0.15) is 0 Å². The van der Waals surface area contributed by atoms with Crippen LogP contribution >= 0.6 is 0 Å². The number of hydrogen-bond acceptors (Lipinski definition) is 3. The van der Waals surface area contributed by atoms with Gasteiger partial charge in [0, 0.05) is 11.6 Å². The van der Waals surface area contributed by atoms with Gasteiger partial charge in [-0.05, 0) is 12.1 Å². The molecule has 0 radical (unpaired) electrons. The van der Waals surface area contributed by atoms with E-state index in [0.717, 1.165) is 0 Å². The second-order valence-corrected chi connectivity index (χ2v) is 3.48.